The van der Waals surface area contributed by atoms with E-state index < -0.39 is 0 Å². The molecule has 2 N–H and O–H groups in total. The summed E-state index contributed by atoms with van der Waals surface area (Å²) in [5, 5.41) is 19.9. The van der Waals surface area contributed by atoms with Gasteiger partial charge in [-0.05, 0) is 49.7 Å². The molecule has 0 aliphatic rings. The first-order chi connectivity index (χ1) is 14.0. The van der Waals surface area contributed by atoms with Crippen molar-refractivity contribution in [2.75, 3.05) is 7.05 Å². The SMILES string of the molecule is CN=C(NCc1cc(C#N)ccc1F)NCc1ccccc1-n1nc(C)cc1C. The van der Waals surface area contributed by atoms with Gasteiger partial charge in [-0.3, -0.25) is 4.99 Å². The number of nitrogens with one attached hydrogen (secondary N) is 2. The molecule has 0 saturated heterocycles. The van der Waals surface area contributed by atoms with E-state index in [1.807, 2.05) is 54.9 Å². The van der Waals surface area contributed by atoms with E-state index in [2.05, 4.69) is 20.7 Å². The van der Waals surface area contributed by atoms with Crippen molar-refractivity contribution in [3.05, 3.63) is 82.4 Å². The van der Waals surface area contributed by atoms with E-state index in [9.17, 15) is 4.39 Å². The van der Waals surface area contributed by atoms with Gasteiger partial charge in [0.2, 0.25) is 0 Å². The lowest BCUT2D eigenvalue weighted by atomic mass is 10.1. The second kappa shape index (κ2) is 9.02. The van der Waals surface area contributed by atoms with Gasteiger partial charge in [0.15, 0.2) is 5.96 Å². The second-order valence-corrected chi connectivity index (χ2v) is 6.66. The van der Waals surface area contributed by atoms with E-state index in [4.69, 9.17) is 5.26 Å². The van der Waals surface area contributed by atoms with E-state index in [0.29, 0.717) is 23.6 Å². The van der Waals surface area contributed by atoms with E-state index in [0.717, 1.165) is 22.6 Å². The Morgan fingerprint density at radius 3 is 2.48 bits per heavy atom. The first-order valence-electron chi connectivity index (χ1n) is 9.26. The van der Waals surface area contributed by atoms with Crippen LogP contribution in [-0.4, -0.2) is 22.8 Å². The van der Waals surface area contributed by atoms with Gasteiger partial charge in [-0.15, -0.1) is 0 Å². The van der Waals surface area contributed by atoms with E-state index in [1.165, 1.54) is 18.2 Å². The van der Waals surface area contributed by atoms with Crippen LogP contribution in [0.25, 0.3) is 5.69 Å². The second-order valence-electron chi connectivity index (χ2n) is 6.66. The topological polar surface area (TPSA) is 78.0 Å². The number of aliphatic imine (C=N–C) groups is 1. The molecule has 7 heteroatoms. The molecule has 0 bridgehead atoms. The predicted molar refractivity (Wildman–Crippen MR) is 111 cm³/mol. The highest BCUT2D eigenvalue weighted by atomic mass is 19.1. The number of aromatic nitrogens is 2. The van der Waals surface area contributed by atoms with Crippen LogP contribution in [0.4, 0.5) is 4.39 Å². The first kappa shape index (κ1) is 20.1. The van der Waals surface area contributed by atoms with Gasteiger partial charge in [0.1, 0.15) is 5.82 Å². The van der Waals surface area contributed by atoms with Crippen molar-refractivity contribution in [3.63, 3.8) is 0 Å². The Balaban J connectivity index is 1.70. The third-order valence-electron chi connectivity index (χ3n) is 4.52. The molecule has 0 unspecified atom stereocenters. The lowest BCUT2D eigenvalue weighted by molar-refractivity contribution is 0.604. The number of rotatable bonds is 5. The number of benzene rings is 2. The molecule has 0 fully saturated rings. The number of hydrogen-bond donors (Lipinski definition) is 2. The molecule has 0 radical (unpaired) electrons. The van der Waals surface area contributed by atoms with Crippen molar-refractivity contribution in [1.29, 1.82) is 5.26 Å². The molecule has 0 aliphatic carbocycles. The van der Waals surface area contributed by atoms with Gasteiger partial charge in [0, 0.05) is 31.4 Å². The van der Waals surface area contributed by atoms with Gasteiger partial charge >= 0.3 is 0 Å². The van der Waals surface area contributed by atoms with Crippen molar-refractivity contribution < 1.29 is 4.39 Å². The summed E-state index contributed by atoms with van der Waals surface area (Å²) in [6, 6.07) is 16.4. The molecule has 0 amide bonds. The highest BCUT2D eigenvalue weighted by Gasteiger charge is 2.10. The molecule has 0 atom stereocenters. The van der Waals surface area contributed by atoms with E-state index in [-0.39, 0.29) is 12.4 Å². The third kappa shape index (κ3) is 4.79. The van der Waals surface area contributed by atoms with Crippen LogP contribution in [0, 0.1) is 31.0 Å². The Bertz CT molecular complexity index is 1080. The minimum Gasteiger partial charge on any atom is -0.352 e. The Kier molecular flexibility index (Phi) is 6.25. The number of guanidine groups is 1. The van der Waals surface area contributed by atoms with Gasteiger partial charge in [-0.2, -0.15) is 10.4 Å². The van der Waals surface area contributed by atoms with Crippen molar-refractivity contribution >= 4 is 5.96 Å². The van der Waals surface area contributed by atoms with Crippen LogP contribution in [0.2, 0.25) is 0 Å². The van der Waals surface area contributed by atoms with E-state index >= 15 is 0 Å². The molecule has 0 saturated carbocycles. The van der Waals surface area contributed by atoms with Gasteiger partial charge in [-0.25, -0.2) is 9.07 Å². The highest BCUT2D eigenvalue weighted by Crippen LogP contribution is 2.17. The molecule has 3 aromatic rings. The summed E-state index contributed by atoms with van der Waals surface area (Å²) in [5.74, 6) is 0.178. The number of aryl methyl sites for hydroxylation is 2. The standard InChI is InChI=1S/C22H23FN6/c1-15-10-16(2)29(28-15)21-7-5-4-6-18(21)13-26-22(25-3)27-14-19-11-17(12-24)8-9-20(19)23/h4-11H,13-14H2,1-3H3,(H2,25,26,27). The molecule has 2 aromatic carbocycles. The maximum atomic E-state index is 14.0. The van der Waals surface area contributed by atoms with Crippen molar-refractivity contribution in [3.8, 4) is 11.8 Å². The number of nitrogens with zero attached hydrogens (tertiary/aromatic N) is 4. The first-order valence-corrected chi connectivity index (χ1v) is 9.26. The molecular weight excluding hydrogens is 367 g/mol. The summed E-state index contributed by atoms with van der Waals surface area (Å²) in [4.78, 5) is 4.20. The number of halogens is 1. The highest BCUT2D eigenvalue weighted by molar-refractivity contribution is 5.79. The van der Waals surface area contributed by atoms with Crippen LogP contribution in [0.1, 0.15) is 28.1 Å². The Labute approximate surface area is 169 Å². The zero-order valence-electron chi connectivity index (χ0n) is 16.7. The summed E-state index contributed by atoms with van der Waals surface area (Å²) < 4.78 is 15.9. The summed E-state index contributed by atoms with van der Waals surface area (Å²) >= 11 is 0. The summed E-state index contributed by atoms with van der Waals surface area (Å²) in [5.41, 5.74) is 4.91. The lowest BCUT2D eigenvalue weighted by Crippen LogP contribution is -2.36. The van der Waals surface area contributed by atoms with Crippen LogP contribution in [0.3, 0.4) is 0 Å². The lowest BCUT2D eigenvalue weighted by Gasteiger charge is -2.15. The summed E-state index contributed by atoms with van der Waals surface area (Å²) in [7, 11) is 1.66. The predicted octanol–water partition coefficient (Wildman–Crippen LogP) is 3.37. The fourth-order valence-corrected chi connectivity index (χ4v) is 3.10. The molecule has 1 heterocycles. The zero-order valence-corrected chi connectivity index (χ0v) is 16.7. The van der Waals surface area contributed by atoms with Crippen LogP contribution < -0.4 is 10.6 Å². The maximum absolute atomic E-state index is 14.0. The average Bonchev–Trinajstić information content (AvgIpc) is 3.07. The number of hydrogen-bond acceptors (Lipinski definition) is 3. The van der Waals surface area contributed by atoms with Gasteiger partial charge in [-0.1, -0.05) is 18.2 Å². The van der Waals surface area contributed by atoms with Crippen LogP contribution in [0.5, 0.6) is 0 Å². The normalized spacial score (nSPS) is 11.2. The van der Waals surface area contributed by atoms with Gasteiger partial charge in [0.25, 0.3) is 0 Å². The van der Waals surface area contributed by atoms with Gasteiger partial charge in [0.05, 0.1) is 23.0 Å². The van der Waals surface area contributed by atoms with Crippen molar-refractivity contribution in [1.82, 2.24) is 20.4 Å². The Morgan fingerprint density at radius 1 is 1.10 bits per heavy atom. The largest absolute Gasteiger partial charge is 0.352 e. The number of para-hydroxylation sites is 1. The number of nitriles is 1. The summed E-state index contributed by atoms with van der Waals surface area (Å²) in [6.45, 7) is 4.74. The summed E-state index contributed by atoms with van der Waals surface area (Å²) in [6.07, 6.45) is 0. The minimum atomic E-state index is -0.359. The monoisotopic (exact) mass is 390 g/mol. The average molecular weight is 390 g/mol. The molecular formula is C22H23FN6. The zero-order chi connectivity index (χ0) is 20.8. The van der Waals surface area contributed by atoms with Gasteiger partial charge < -0.3 is 10.6 Å². The molecule has 29 heavy (non-hydrogen) atoms. The van der Waals surface area contributed by atoms with Crippen molar-refractivity contribution in [2.45, 2.75) is 26.9 Å². The van der Waals surface area contributed by atoms with E-state index in [1.54, 1.807) is 7.05 Å². The quantitative estimate of drug-likeness (QED) is 0.517. The Hall–Kier alpha value is -3.66. The van der Waals surface area contributed by atoms with Crippen LogP contribution in [-0.2, 0) is 13.1 Å². The third-order valence-corrected chi connectivity index (χ3v) is 4.52. The van der Waals surface area contributed by atoms with Crippen LogP contribution in [0.15, 0.2) is 53.5 Å². The molecule has 0 spiro atoms. The fourth-order valence-electron chi connectivity index (χ4n) is 3.10. The van der Waals surface area contributed by atoms with Crippen molar-refractivity contribution in [2.24, 2.45) is 4.99 Å². The Morgan fingerprint density at radius 2 is 1.83 bits per heavy atom. The minimum absolute atomic E-state index is 0.222. The maximum Gasteiger partial charge on any atom is 0.191 e. The smallest absolute Gasteiger partial charge is 0.191 e. The molecule has 1 aromatic heterocycles. The fraction of sp³-hybridized carbons (Fsp3) is 0.227. The molecule has 6 nitrogen and oxygen atoms in total. The van der Waals surface area contributed by atoms with Crippen LogP contribution >= 0.6 is 0 Å². The molecule has 0 aliphatic heterocycles. The molecule has 148 valence electrons. The molecule has 3 rings (SSSR count).